The largest absolute Gasteiger partial charge is 0.321 e. The van der Waals surface area contributed by atoms with Crippen molar-refractivity contribution in [3.63, 3.8) is 0 Å². The average Bonchev–Trinajstić information content (AvgIpc) is 3.28. The molecule has 5 heteroatoms. The predicted octanol–water partition coefficient (Wildman–Crippen LogP) is 5.48. The second-order valence-electron chi connectivity index (χ2n) is 7.33. The van der Waals surface area contributed by atoms with Gasteiger partial charge in [-0.3, -0.25) is 9.59 Å². The first-order valence-electron chi connectivity index (χ1n) is 10.2. The van der Waals surface area contributed by atoms with Gasteiger partial charge in [0.05, 0.1) is 16.9 Å². The lowest BCUT2D eigenvalue weighted by atomic mass is 9.97. The Labute approximate surface area is 185 Å². The number of benzene rings is 3. The highest BCUT2D eigenvalue weighted by Gasteiger charge is 2.19. The number of carbonyl (C=O) groups excluding carboxylic acids is 2. The van der Waals surface area contributed by atoms with Crippen molar-refractivity contribution in [3.8, 4) is 11.3 Å². The molecular formula is C27H19N3O2. The van der Waals surface area contributed by atoms with E-state index in [1.807, 2.05) is 65.3 Å². The fourth-order valence-electron chi connectivity index (χ4n) is 3.69. The van der Waals surface area contributed by atoms with Gasteiger partial charge in [-0.05, 0) is 24.3 Å². The Morgan fingerprint density at radius 2 is 1.41 bits per heavy atom. The molecule has 0 unspecified atom stereocenters. The molecule has 2 aromatic heterocycles. The average molecular weight is 417 g/mol. The summed E-state index contributed by atoms with van der Waals surface area (Å²) in [4.78, 5) is 30.9. The summed E-state index contributed by atoms with van der Waals surface area (Å²) in [6, 6.07) is 29.1. The Kier molecular flexibility index (Phi) is 5.06. The topological polar surface area (TPSA) is 63.5 Å². The third-order valence-electron chi connectivity index (χ3n) is 5.27. The van der Waals surface area contributed by atoms with Gasteiger partial charge in [0.25, 0.3) is 5.91 Å². The standard InChI is InChI=1S/C27H19N3O2/c31-26(19-10-2-1-3-11-19)20-12-4-5-13-21(20)27(32)29-23-15-7-6-14-22(23)24-18-30-17-9-8-16-25(30)28-24/h1-18H,(H,29,32). The van der Waals surface area contributed by atoms with Gasteiger partial charge in [0, 0.05) is 29.1 Å². The molecule has 5 nitrogen and oxygen atoms in total. The van der Waals surface area contributed by atoms with Crippen LogP contribution in [0, 0.1) is 0 Å². The van der Waals surface area contributed by atoms with Crippen molar-refractivity contribution in [1.29, 1.82) is 0 Å². The van der Waals surface area contributed by atoms with Gasteiger partial charge in [-0.2, -0.15) is 0 Å². The molecule has 1 amide bonds. The lowest BCUT2D eigenvalue weighted by Gasteiger charge is -2.12. The Morgan fingerprint density at radius 1 is 0.719 bits per heavy atom. The molecule has 0 aliphatic rings. The third kappa shape index (κ3) is 3.68. The van der Waals surface area contributed by atoms with E-state index in [2.05, 4.69) is 10.3 Å². The van der Waals surface area contributed by atoms with Crippen LogP contribution in [0.25, 0.3) is 16.9 Å². The Balaban J connectivity index is 1.49. The minimum Gasteiger partial charge on any atom is -0.321 e. The second kappa shape index (κ2) is 8.32. The van der Waals surface area contributed by atoms with Crippen LogP contribution in [0.3, 0.4) is 0 Å². The second-order valence-corrected chi connectivity index (χ2v) is 7.33. The number of para-hydroxylation sites is 1. The van der Waals surface area contributed by atoms with E-state index in [1.165, 1.54) is 0 Å². The minimum absolute atomic E-state index is 0.190. The van der Waals surface area contributed by atoms with Crippen LogP contribution in [-0.4, -0.2) is 21.1 Å². The monoisotopic (exact) mass is 417 g/mol. The maximum absolute atomic E-state index is 13.2. The third-order valence-corrected chi connectivity index (χ3v) is 5.27. The van der Waals surface area contributed by atoms with Crippen LogP contribution < -0.4 is 5.32 Å². The zero-order chi connectivity index (χ0) is 21.9. The maximum atomic E-state index is 13.2. The molecule has 5 rings (SSSR count). The number of aromatic nitrogens is 2. The Bertz CT molecular complexity index is 1400. The van der Waals surface area contributed by atoms with Crippen LogP contribution in [0.2, 0.25) is 0 Å². The van der Waals surface area contributed by atoms with Crippen LogP contribution in [0.5, 0.6) is 0 Å². The van der Waals surface area contributed by atoms with Gasteiger partial charge in [-0.25, -0.2) is 4.98 Å². The van der Waals surface area contributed by atoms with Gasteiger partial charge in [0.15, 0.2) is 5.78 Å². The lowest BCUT2D eigenvalue weighted by molar-refractivity contribution is 0.0996. The van der Waals surface area contributed by atoms with E-state index in [4.69, 9.17) is 0 Å². The molecule has 0 bridgehead atoms. The molecule has 0 saturated carbocycles. The van der Waals surface area contributed by atoms with Gasteiger partial charge in [-0.1, -0.05) is 72.8 Å². The first-order valence-corrected chi connectivity index (χ1v) is 10.2. The summed E-state index contributed by atoms with van der Waals surface area (Å²) in [5, 5.41) is 2.98. The summed E-state index contributed by atoms with van der Waals surface area (Å²) in [5.74, 6) is -0.536. The fraction of sp³-hybridized carbons (Fsp3) is 0. The van der Waals surface area contributed by atoms with Crippen molar-refractivity contribution in [2.75, 3.05) is 5.32 Å². The number of fused-ring (bicyclic) bond motifs is 1. The summed E-state index contributed by atoms with van der Waals surface area (Å²) < 4.78 is 1.93. The Morgan fingerprint density at radius 3 is 2.22 bits per heavy atom. The van der Waals surface area contributed by atoms with Crippen molar-refractivity contribution in [3.05, 3.63) is 126 Å². The van der Waals surface area contributed by atoms with Gasteiger partial charge in [0.1, 0.15) is 5.65 Å². The molecule has 0 aliphatic carbocycles. The lowest BCUT2D eigenvalue weighted by Crippen LogP contribution is -2.17. The number of hydrogen-bond donors (Lipinski definition) is 1. The zero-order valence-electron chi connectivity index (χ0n) is 17.1. The van der Waals surface area contributed by atoms with E-state index >= 15 is 0 Å². The number of carbonyl (C=O) groups is 2. The number of ketones is 1. The maximum Gasteiger partial charge on any atom is 0.256 e. The molecule has 5 aromatic rings. The molecule has 0 spiro atoms. The SMILES string of the molecule is O=C(Nc1ccccc1-c1cn2ccccc2n1)c1ccccc1C(=O)c1ccccc1. The van der Waals surface area contributed by atoms with E-state index in [0.29, 0.717) is 22.4 Å². The van der Waals surface area contributed by atoms with Crippen LogP contribution in [-0.2, 0) is 0 Å². The number of hydrogen-bond acceptors (Lipinski definition) is 3. The van der Waals surface area contributed by atoms with Gasteiger partial charge >= 0.3 is 0 Å². The Hall–Kier alpha value is -4.51. The van der Waals surface area contributed by atoms with Crippen molar-refractivity contribution < 1.29 is 9.59 Å². The molecule has 3 aromatic carbocycles. The number of pyridine rings is 1. The molecule has 2 heterocycles. The van der Waals surface area contributed by atoms with E-state index in [1.54, 1.807) is 48.5 Å². The number of anilines is 1. The van der Waals surface area contributed by atoms with Crippen molar-refractivity contribution in [1.82, 2.24) is 9.38 Å². The molecular weight excluding hydrogens is 398 g/mol. The molecule has 154 valence electrons. The summed E-state index contributed by atoms with van der Waals surface area (Å²) in [6.07, 6.45) is 3.85. The van der Waals surface area contributed by atoms with E-state index in [-0.39, 0.29) is 11.7 Å². The number of nitrogens with one attached hydrogen (secondary N) is 1. The molecule has 0 fully saturated rings. The highest BCUT2D eigenvalue weighted by atomic mass is 16.2. The number of nitrogens with zero attached hydrogens (tertiary/aromatic N) is 2. The predicted molar refractivity (Wildman–Crippen MR) is 125 cm³/mol. The smallest absolute Gasteiger partial charge is 0.256 e. The summed E-state index contributed by atoms with van der Waals surface area (Å²) in [5.41, 5.74) is 4.23. The molecule has 32 heavy (non-hydrogen) atoms. The summed E-state index contributed by atoms with van der Waals surface area (Å²) in [6.45, 7) is 0. The van der Waals surface area contributed by atoms with Crippen LogP contribution in [0.4, 0.5) is 5.69 Å². The van der Waals surface area contributed by atoms with Crippen molar-refractivity contribution >= 4 is 23.0 Å². The zero-order valence-corrected chi connectivity index (χ0v) is 17.1. The van der Waals surface area contributed by atoms with Gasteiger partial charge in [0.2, 0.25) is 0 Å². The van der Waals surface area contributed by atoms with E-state index in [0.717, 1.165) is 16.9 Å². The normalized spacial score (nSPS) is 10.8. The van der Waals surface area contributed by atoms with Crippen molar-refractivity contribution in [2.24, 2.45) is 0 Å². The molecule has 0 atom stereocenters. The summed E-state index contributed by atoms with van der Waals surface area (Å²) >= 11 is 0. The van der Waals surface area contributed by atoms with Crippen LogP contribution in [0.15, 0.2) is 109 Å². The summed E-state index contributed by atoms with van der Waals surface area (Å²) in [7, 11) is 0. The number of imidazole rings is 1. The fourth-order valence-corrected chi connectivity index (χ4v) is 3.69. The van der Waals surface area contributed by atoms with Crippen LogP contribution >= 0.6 is 0 Å². The van der Waals surface area contributed by atoms with Crippen molar-refractivity contribution in [2.45, 2.75) is 0 Å². The minimum atomic E-state index is -0.346. The van der Waals surface area contributed by atoms with Gasteiger partial charge in [-0.15, -0.1) is 0 Å². The quantitative estimate of drug-likeness (QED) is 0.385. The number of amides is 1. The molecule has 1 N–H and O–H groups in total. The van der Waals surface area contributed by atoms with Gasteiger partial charge < -0.3 is 9.72 Å². The first-order chi connectivity index (χ1) is 15.7. The first kappa shape index (κ1) is 19.5. The van der Waals surface area contributed by atoms with Crippen LogP contribution in [0.1, 0.15) is 26.3 Å². The highest BCUT2D eigenvalue weighted by molar-refractivity contribution is 6.18. The van der Waals surface area contributed by atoms with E-state index < -0.39 is 0 Å². The molecule has 0 saturated heterocycles. The number of rotatable bonds is 5. The highest BCUT2D eigenvalue weighted by Crippen LogP contribution is 2.28. The molecule has 0 aliphatic heterocycles. The molecule has 0 radical (unpaired) electrons. The van der Waals surface area contributed by atoms with E-state index in [9.17, 15) is 9.59 Å².